The van der Waals surface area contributed by atoms with Crippen molar-refractivity contribution in [2.75, 3.05) is 9.44 Å². The summed E-state index contributed by atoms with van der Waals surface area (Å²) >= 11 is 14.2. The van der Waals surface area contributed by atoms with Crippen molar-refractivity contribution in [3.8, 4) is 0 Å². The first-order valence-electron chi connectivity index (χ1n) is 6.79. The highest BCUT2D eigenvalue weighted by molar-refractivity contribution is 7.94. The third-order valence-corrected chi connectivity index (χ3v) is 8.80. The van der Waals surface area contributed by atoms with Crippen LogP contribution in [0.4, 0.5) is 11.4 Å². The lowest BCUT2D eigenvalue weighted by molar-refractivity contribution is 0.600. The lowest BCUT2D eigenvalue weighted by atomic mass is 10.3. The maximum absolute atomic E-state index is 12.5. The van der Waals surface area contributed by atoms with Crippen LogP contribution in [0.1, 0.15) is 0 Å². The number of hydrogen-bond donors (Lipinski definition) is 2. The van der Waals surface area contributed by atoms with Gasteiger partial charge in [-0.05, 0) is 35.0 Å². The molecule has 0 amide bonds. The summed E-state index contributed by atoms with van der Waals surface area (Å²) in [4.78, 5) is 0.0561. The minimum Gasteiger partial charge on any atom is -0.277 e. The van der Waals surface area contributed by atoms with E-state index in [9.17, 15) is 16.8 Å². The highest BCUT2D eigenvalue weighted by Crippen LogP contribution is 2.35. The molecule has 3 rings (SSSR count). The van der Waals surface area contributed by atoms with E-state index in [4.69, 9.17) is 23.2 Å². The van der Waals surface area contributed by atoms with Crippen molar-refractivity contribution in [2.45, 2.75) is 9.10 Å². The van der Waals surface area contributed by atoms with Gasteiger partial charge in [0.25, 0.3) is 20.0 Å². The third-order valence-electron chi connectivity index (χ3n) is 3.11. The van der Waals surface area contributed by atoms with Crippen LogP contribution in [0.2, 0.25) is 10.0 Å². The summed E-state index contributed by atoms with van der Waals surface area (Å²) < 4.78 is 54.6. The van der Waals surface area contributed by atoms with E-state index in [2.05, 4.69) is 9.44 Å². The second kappa shape index (κ2) is 7.37. The van der Waals surface area contributed by atoms with Gasteiger partial charge < -0.3 is 0 Å². The molecule has 3 aromatic rings. The quantitative estimate of drug-likeness (QED) is 0.547. The molecule has 6 nitrogen and oxygen atoms in total. The molecule has 138 valence electrons. The summed E-state index contributed by atoms with van der Waals surface area (Å²) in [5.74, 6) is 0. The predicted molar refractivity (Wildman–Crippen MR) is 107 cm³/mol. The van der Waals surface area contributed by atoms with E-state index in [0.29, 0.717) is 0 Å². The van der Waals surface area contributed by atoms with Crippen LogP contribution in [0.3, 0.4) is 0 Å². The molecule has 0 spiro atoms. The van der Waals surface area contributed by atoms with Gasteiger partial charge in [-0.15, -0.1) is 11.3 Å². The Balaban J connectivity index is 2.02. The molecule has 12 heteroatoms. The smallest absolute Gasteiger partial charge is 0.271 e. The summed E-state index contributed by atoms with van der Waals surface area (Å²) in [6.07, 6.45) is 0. The molecule has 0 bridgehead atoms. The Morgan fingerprint density at radius 2 is 1.46 bits per heavy atom. The highest BCUT2D eigenvalue weighted by Gasteiger charge is 2.22. The molecule has 0 atom stereocenters. The van der Waals surface area contributed by atoms with Gasteiger partial charge in [-0.3, -0.25) is 9.44 Å². The van der Waals surface area contributed by atoms with Gasteiger partial charge in [0, 0.05) is 5.38 Å². The van der Waals surface area contributed by atoms with Gasteiger partial charge in [-0.2, -0.15) is 11.3 Å². The Morgan fingerprint density at radius 1 is 0.846 bits per heavy atom. The van der Waals surface area contributed by atoms with E-state index in [1.165, 1.54) is 41.0 Å². The van der Waals surface area contributed by atoms with Crippen LogP contribution in [-0.2, 0) is 20.0 Å². The average Bonchev–Trinajstić information content (AvgIpc) is 3.24. The average molecular weight is 469 g/mol. The van der Waals surface area contributed by atoms with E-state index in [0.717, 1.165) is 11.3 Å². The number of rotatable bonds is 6. The lowest BCUT2D eigenvalue weighted by Crippen LogP contribution is -2.17. The fourth-order valence-corrected chi connectivity index (χ4v) is 6.43. The molecule has 0 aliphatic rings. The second-order valence-corrected chi connectivity index (χ2v) is 11.0. The van der Waals surface area contributed by atoms with Gasteiger partial charge in [-0.1, -0.05) is 29.3 Å². The van der Waals surface area contributed by atoms with E-state index in [-0.39, 0.29) is 30.5 Å². The fourth-order valence-electron chi connectivity index (χ4n) is 1.94. The van der Waals surface area contributed by atoms with Crippen LogP contribution in [0.5, 0.6) is 0 Å². The normalized spacial score (nSPS) is 12.1. The van der Waals surface area contributed by atoms with Gasteiger partial charge in [0.05, 0.1) is 26.3 Å². The zero-order chi connectivity index (χ0) is 18.9. The van der Waals surface area contributed by atoms with Crippen molar-refractivity contribution < 1.29 is 16.8 Å². The number of benzene rings is 1. The Bertz CT molecular complexity index is 1030. The summed E-state index contributed by atoms with van der Waals surface area (Å²) in [5.41, 5.74) is -0.0719. The molecule has 1 aromatic carbocycles. The standard InChI is InChI=1S/C14H10Cl2N2O4S4/c15-10-6-12(17-25(19,20)9-3-5-23-8-9)13(7-11(10)16)18-26(21,22)14-2-1-4-24-14/h1-8,17-18H. The largest absolute Gasteiger partial charge is 0.277 e. The number of hydrogen-bond acceptors (Lipinski definition) is 6. The van der Waals surface area contributed by atoms with Crippen LogP contribution >= 0.6 is 45.9 Å². The molecule has 2 heterocycles. The minimum absolute atomic E-state index is 0.0356. The number of thiophene rings is 2. The maximum Gasteiger partial charge on any atom is 0.271 e. The van der Waals surface area contributed by atoms with E-state index in [1.807, 2.05) is 0 Å². The van der Waals surface area contributed by atoms with Crippen LogP contribution in [0.15, 0.2) is 55.6 Å². The Morgan fingerprint density at radius 3 is 1.96 bits per heavy atom. The molecule has 0 saturated carbocycles. The van der Waals surface area contributed by atoms with Crippen LogP contribution in [0.25, 0.3) is 0 Å². The second-order valence-electron chi connectivity index (χ2n) is 4.91. The molecular formula is C14H10Cl2N2O4S4. The first-order valence-corrected chi connectivity index (χ1v) is 12.3. The molecule has 0 saturated heterocycles. The third kappa shape index (κ3) is 4.16. The SMILES string of the molecule is O=S(=O)(Nc1cc(Cl)c(Cl)cc1NS(=O)(=O)c1cccs1)c1ccsc1. The number of anilines is 2. The fraction of sp³-hybridized carbons (Fsp3) is 0. The predicted octanol–water partition coefficient (Wildman–Crippen LogP) is 4.72. The molecular weight excluding hydrogens is 459 g/mol. The van der Waals surface area contributed by atoms with Crippen molar-refractivity contribution >= 4 is 77.3 Å². The Kier molecular flexibility index (Phi) is 5.52. The van der Waals surface area contributed by atoms with E-state index < -0.39 is 20.0 Å². The van der Waals surface area contributed by atoms with Gasteiger partial charge in [0.2, 0.25) is 0 Å². The molecule has 0 fully saturated rings. The van der Waals surface area contributed by atoms with Crippen LogP contribution < -0.4 is 9.44 Å². The molecule has 0 radical (unpaired) electrons. The van der Waals surface area contributed by atoms with Crippen LogP contribution in [0, 0.1) is 0 Å². The summed E-state index contributed by atoms with van der Waals surface area (Å²) in [7, 11) is -7.80. The van der Waals surface area contributed by atoms with Crippen molar-refractivity contribution in [3.63, 3.8) is 0 Å². The highest BCUT2D eigenvalue weighted by atomic mass is 35.5. The lowest BCUT2D eigenvalue weighted by Gasteiger charge is -2.15. The topological polar surface area (TPSA) is 92.3 Å². The zero-order valence-corrected chi connectivity index (χ0v) is 17.4. The number of halogens is 2. The molecule has 0 aliphatic heterocycles. The Hall–Kier alpha value is -1.30. The van der Waals surface area contributed by atoms with Gasteiger partial charge >= 0.3 is 0 Å². The summed E-state index contributed by atoms with van der Waals surface area (Å²) in [5, 5.41) is 4.84. The molecule has 2 aromatic heterocycles. The molecule has 0 unspecified atom stereocenters. The van der Waals surface area contributed by atoms with E-state index >= 15 is 0 Å². The summed E-state index contributed by atoms with van der Waals surface area (Å²) in [6.45, 7) is 0. The van der Waals surface area contributed by atoms with Gasteiger partial charge in [-0.25, -0.2) is 16.8 Å². The van der Waals surface area contributed by atoms with Crippen molar-refractivity contribution in [1.82, 2.24) is 0 Å². The molecule has 26 heavy (non-hydrogen) atoms. The molecule has 0 aliphatic carbocycles. The Labute approximate surface area is 168 Å². The zero-order valence-electron chi connectivity index (χ0n) is 12.6. The van der Waals surface area contributed by atoms with Crippen molar-refractivity contribution in [2.24, 2.45) is 0 Å². The van der Waals surface area contributed by atoms with Crippen molar-refractivity contribution in [1.29, 1.82) is 0 Å². The van der Waals surface area contributed by atoms with Gasteiger partial charge in [0.15, 0.2) is 0 Å². The van der Waals surface area contributed by atoms with Crippen molar-refractivity contribution in [3.05, 3.63) is 56.5 Å². The van der Waals surface area contributed by atoms with E-state index in [1.54, 1.807) is 16.8 Å². The summed E-state index contributed by atoms with van der Waals surface area (Å²) in [6, 6.07) is 6.95. The first-order chi connectivity index (χ1) is 12.2. The number of sulfonamides is 2. The number of nitrogens with one attached hydrogen (secondary N) is 2. The van der Waals surface area contributed by atoms with Crippen LogP contribution in [-0.4, -0.2) is 16.8 Å². The molecule has 2 N–H and O–H groups in total. The van der Waals surface area contributed by atoms with Gasteiger partial charge in [0.1, 0.15) is 4.21 Å². The monoisotopic (exact) mass is 468 g/mol. The maximum atomic E-state index is 12.5. The minimum atomic E-state index is -3.91. The first kappa shape index (κ1) is 19.5.